The summed E-state index contributed by atoms with van der Waals surface area (Å²) in [5, 5.41) is 3.72. The fraction of sp³-hybridized carbons (Fsp3) is 0.727. The van der Waals surface area contributed by atoms with Gasteiger partial charge in [0.2, 0.25) is 0 Å². The molecule has 1 saturated carbocycles. The molecule has 2 fully saturated rings. The quantitative estimate of drug-likeness (QED) is 0.708. The smallest absolute Gasteiger partial charge is 0.122 e. The van der Waals surface area contributed by atoms with Gasteiger partial charge in [0.1, 0.15) is 5.75 Å². The molecule has 0 bridgehead atoms. The van der Waals surface area contributed by atoms with Crippen molar-refractivity contribution in [2.45, 2.75) is 70.9 Å². The molecule has 146 valence electrons. The van der Waals surface area contributed by atoms with Crippen LogP contribution in [0, 0.1) is 6.92 Å². The normalized spacial score (nSPS) is 20.3. The molecule has 2 aliphatic rings. The largest absolute Gasteiger partial charge is 0.494 e. The van der Waals surface area contributed by atoms with Crippen LogP contribution in [0.5, 0.6) is 5.75 Å². The molecule has 0 atom stereocenters. The number of aryl methyl sites for hydroxylation is 1. The molecule has 1 saturated heterocycles. The van der Waals surface area contributed by atoms with Crippen LogP contribution in [0.1, 0.15) is 68.6 Å². The summed E-state index contributed by atoms with van der Waals surface area (Å²) in [4.78, 5) is 2.60. The first kappa shape index (κ1) is 19.7. The van der Waals surface area contributed by atoms with Gasteiger partial charge in [-0.05, 0) is 81.2 Å². The van der Waals surface area contributed by atoms with E-state index in [-0.39, 0.29) is 5.54 Å². The van der Waals surface area contributed by atoms with Gasteiger partial charge < -0.3 is 15.8 Å². The van der Waals surface area contributed by atoms with Gasteiger partial charge in [0.15, 0.2) is 0 Å². The molecule has 1 aliphatic carbocycles. The maximum absolute atomic E-state index is 6.12. The zero-order chi connectivity index (χ0) is 18.6. The van der Waals surface area contributed by atoms with Gasteiger partial charge in [0, 0.05) is 31.7 Å². The minimum Gasteiger partial charge on any atom is -0.494 e. The van der Waals surface area contributed by atoms with Crippen LogP contribution >= 0.6 is 0 Å². The fourth-order valence-electron chi connectivity index (χ4n) is 4.20. The van der Waals surface area contributed by atoms with Crippen molar-refractivity contribution >= 4 is 0 Å². The van der Waals surface area contributed by atoms with Crippen molar-refractivity contribution in [3.63, 3.8) is 0 Å². The monoisotopic (exact) mass is 359 g/mol. The summed E-state index contributed by atoms with van der Waals surface area (Å²) in [5.74, 6) is 1.84. The van der Waals surface area contributed by atoms with Crippen LogP contribution < -0.4 is 15.8 Å². The third-order valence-corrected chi connectivity index (χ3v) is 6.10. The van der Waals surface area contributed by atoms with Gasteiger partial charge in [0.05, 0.1) is 6.61 Å². The lowest BCUT2D eigenvalue weighted by molar-refractivity contribution is 0.133. The summed E-state index contributed by atoms with van der Waals surface area (Å²) in [6.45, 7) is 12.3. The topological polar surface area (TPSA) is 50.5 Å². The molecule has 4 heteroatoms. The Morgan fingerprint density at radius 2 is 1.96 bits per heavy atom. The average Bonchev–Trinajstić information content (AvgIpc) is 3.49. The molecule has 1 aliphatic heterocycles. The van der Waals surface area contributed by atoms with Crippen molar-refractivity contribution in [1.29, 1.82) is 0 Å². The highest BCUT2D eigenvalue weighted by Gasteiger charge is 2.33. The molecular weight excluding hydrogens is 322 g/mol. The van der Waals surface area contributed by atoms with Crippen LogP contribution in [0.2, 0.25) is 0 Å². The second-order valence-electron chi connectivity index (χ2n) is 8.21. The lowest BCUT2D eigenvalue weighted by atomic mass is 9.87. The minimum absolute atomic E-state index is 0.148. The van der Waals surface area contributed by atoms with E-state index < -0.39 is 0 Å². The molecule has 0 spiro atoms. The highest BCUT2D eigenvalue weighted by atomic mass is 16.5. The standard InChI is InChI=1S/C22H37N3O/c1-4-10-24-22(16-23)8-11-25(12-9-22)15-19-14-21(26-5-2)17(3)13-20(19)18-6-7-18/h13-14,18,24H,4-12,15-16,23H2,1-3H3. The van der Waals surface area contributed by atoms with Crippen molar-refractivity contribution in [2.24, 2.45) is 5.73 Å². The van der Waals surface area contributed by atoms with E-state index in [0.717, 1.165) is 63.8 Å². The number of hydrogen-bond acceptors (Lipinski definition) is 4. The van der Waals surface area contributed by atoms with E-state index >= 15 is 0 Å². The summed E-state index contributed by atoms with van der Waals surface area (Å²) in [6.07, 6.45) is 6.15. The average molecular weight is 360 g/mol. The second-order valence-corrected chi connectivity index (χ2v) is 8.21. The zero-order valence-corrected chi connectivity index (χ0v) is 16.9. The molecule has 0 amide bonds. The Labute approximate surface area is 159 Å². The van der Waals surface area contributed by atoms with E-state index in [1.807, 2.05) is 0 Å². The molecule has 4 nitrogen and oxygen atoms in total. The van der Waals surface area contributed by atoms with E-state index in [0.29, 0.717) is 0 Å². The van der Waals surface area contributed by atoms with Gasteiger partial charge in [-0.25, -0.2) is 0 Å². The molecule has 0 aromatic heterocycles. The Morgan fingerprint density at radius 1 is 1.23 bits per heavy atom. The molecule has 0 radical (unpaired) electrons. The predicted molar refractivity (Wildman–Crippen MR) is 109 cm³/mol. The number of ether oxygens (including phenoxy) is 1. The Kier molecular flexibility index (Phi) is 6.60. The van der Waals surface area contributed by atoms with E-state index in [9.17, 15) is 0 Å². The number of piperidine rings is 1. The van der Waals surface area contributed by atoms with Crippen molar-refractivity contribution in [2.75, 3.05) is 32.8 Å². The third-order valence-electron chi connectivity index (χ3n) is 6.10. The van der Waals surface area contributed by atoms with Crippen LogP contribution in [-0.2, 0) is 6.54 Å². The first-order valence-electron chi connectivity index (χ1n) is 10.5. The SMILES string of the molecule is CCCNC1(CN)CCN(Cc2cc(OCC)c(C)cc2C2CC2)CC1. The number of nitrogens with zero attached hydrogens (tertiary/aromatic N) is 1. The van der Waals surface area contributed by atoms with Crippen molar-refractivity contribution in [3.05, 3.63) is 28.8 Å². The van der Waals surface area contributed by atoms with Gasteiger partial charge in [-0.3, -0.25) is 4.90 Å². The summed E-state index contributed by atoms with van der Waals surface area (Å²) >= 11 is 0. The second kappa shape index (κ2) is 8.73. The lowest BCUT2D eigenvalue weighted by Crippen LogP contribution is -2.57. The van der Waals surface area contributed by atoms with Gasteiger partial charge in [-0.1, -0.05) is 13.0 Å². The minimum atomic E-state index is 0.148. The van der Waals surface area contributed by atoms with Crippen LogP contribution in [0.25, 0.3) is 0 Å². The maximum atomic E-state index is 6.12. The first-order chi connectivity index (χ1) is 12.6. The Bertz CT molecular complexity index is 589. The number of rotatable bonds is 9. The number of nitrogens with one attached hydrogen (secondary N) is 1. The van der Waals surface area contributed by atoms with E-state index in [1.54, 1.807) is 5.56 Å². The molecule has 1 heterocycles. The molecular formula is C22H37N3O. The summed E-state index contributed by atoms with van der Waals surface area (Å²) < 4.78 is 5.87. The van der Waals surface area contributed by atoms with Gasteiger partial charge in [-0.15, -0.1) is 0 Å². The Hall–Kier alpha value is -1.10. The van der Waals surface area contributed by atoms with Crippen LogP contribution in [0.3, 0.4) is 0 Å². The van der Waals surface area contributed by atoms with Gasteiger partial charge in [0.25, 0.3) is 0 Å². The molecule has 26 heavy (non-hydrogen) atoms. The van der Waals surface area contributed by atoms with Crippen LogP contribution in [0.15, 0.2) is 12.1 Å². The number of nitrogens with two attached hydrogens (primary N) is 1. The van der Waals surface area contributed by atoms with Crippen LogP contribution in [-0.4, -0.2) is 43.2 Å². The summed E-state index contributed by atoms with van der Waals surface area (Å²) in [6, 6.07) is 4.70. The maximum Gasteiger partial charge on any atom is 0.122 e. The van der Waals surface area contributed by atoms with Crippen LogP contribution in [0.4, 0.5) is 0 Å². The first-order valence-corrected chi connectivity index (χ1v) is 10.5. The van der Waals surface area contributed by atoms with Crippen molar-refractivity contribution in [1.82, 2.24) is 10.2 Å². The number of benzene rings is 1. The zero-order valence-electron chi connectivity index (χ0n) is 16.9. The summed E-state index contributed by atoms with van der Waals surface area (Å²) in [5.41, 5.74) is 10.6. The highest BCUT2D eigenvalue weighted by molar-refractivity contribution is 5.45. The summed E-state index contributed by atoms with van der Waals surface area (Å²) in [7, 11) is 0. The molecule has 0 unspecified atom stereocenters. The Morgan fingerprint density at radius 3 is 2.54 bits per heavy atom. The number of hydrogen-bond donors (Lipinski definition) is 2. The third kappa shape index (κ3) is 4.59. The Balaban J connectivity index is 1.68. The lowest BCUT2D eigenvalue weighted by Gasteiger charge is -2.42. The highest BCUT2D eigenvalue weighted by Crippen LogP contribution is 2.43. The van der Waals surface area contributed by atoms with Crippen molar-refractivity contribution in [3.8, 4) is 5.75 Å². The van der Waals surface area contributed by atoms with E-state index in [2.05, 4.69) is 43.1 Å². The molecule has 3 N–H and O–H groups in total. The number of likely N-dealkylation sites (tertiary alicyclic amines) is 1. The predicted octanol–water partition coefficient (Wildman–Crippen LogP) is 3.56. The van der Waals surface area contributed by atoms with Gasteiger partial charge in [-0.2, -0.15) is 0 Å². The molecule has 3 rings (SSSR count). The fourth-order valence-corrected chi connectivity index (χ4v) is 4.20. The van der Waals surface area contributed by atoms with Gasteiger partial charge >= 0.3 is 0 Å². The molecule has 1 aromatic carbocycles. The molecule has 1 aromatic rings. The van der Waals surface area contributed by atoms with Crippen molar-refractivity contribution < 1.29 is 4.74 Å². The van der Waals surface area contributed by atoms with E-state index in [1.165, 1.54) is 30.4 Å². The van der Waals surface area contributed by atoms with E-state index in [4.69, 9.17) is 10.5 Å².